The van der Waals surface area contributed by atoms with E-state index in [4.69, 9.17) is 0 Å². The Hall–Kier alpha value is -2.44. The summed E-state index contributed by atoms with van der Waals surface area (Å²) in [4.78, 5) is 28.7. The molecule has 2 saturated carbocycles. The standard InChI is InChI=1S/C17H21N5O2/c1-9-13-7-12(8-18-15(13)22(2)21-9)19-16(23)17(24)20-14(10-3-4-10)11-5-6-11/h7-8,10-11,14H,3-6H2,1-2H3,(H,19,23)(H,20,24). The minimum atomic E-state index is -0.635. The monoisotopic (exact) mass is 327 g/mol. The predicted molar refractivity (Wildman–Crippen MR) is 89.3 cm³/mol. The largest absolute Gasteiger partial charge is 0.345 e. The van der Waals surface area contributed by atoms with Gasteiger partial charge in [0.15, 0.2) is 5.65 Å². The minimum Gasteiger partial charge on any atom is -0.345 e. The van der Waals surface area contributed by atoms with Crippen LogP contribution in [0.25, 0.3) is 11.0 Å². The van der Waals surface area contributed by atoms with Crippen molar-refractivity contribution in [2.75, 3.05) is 5.32 Å². The summed E-state index contributed by atoms with van der Waals surface area (Å²) in [5, 5.41) is 10.7. The third-order valence-corrected chi connectivity index (χ3v) is 4.88. The molecule has 2 aromatic rings. The normalized spacial score (nSPS) is 17.3. The Bertz CT molecular complexity index is 808. The van der Waals surface area contributed by atoms with Crippen LogP contribution in [-0.2, 0) is 16.6 Å². The van der Waals surface area contributed by atoms with Crippen LogP contribution in [0, 0.1) is 18.8 Å². The quantitative estimate of drug-likeness (QED) is 0.833. The molecule has 2 aliphatic rings. The Morgan fingerprint density at radius 1 is 1.21 bits per heavy atom. The van der Waals surface area contributed by atoms with Gasteiger partial charge in [-0.15, -0.1) is 0 Å². The number of hydrogen-bond donors (Lipinski definition) is 2. The summed E-state index contributed by atoms with van der Waals surface area (Å²) in [5.74, 6) is -0.0681. The van der Waals surface area contributed by atoms with Crippen LogP contribution in [-0.4, -0.2) is 32.6 Å². The van der Waals surface area contributed by atoms with E-state index in [0.717, 1.165) is 42.4 Å². The van der Waals surface area contributed by atoms with Gasteiger partial charge in [0.25, 0.3) is 0 Å². The number of nitrogens with zero attached hydrogens (tertiary/aromatic N) is 3. The molecule has 0 aliphatic heterocycles. The Morgan fingerprint density at radius 2 is 1.88 bits per heavy atom. The average Bonchev–Trinajstić information content (AvgIpc) is 3.45. The Morgan fingerprint density at radius 3 is 2.50 bits per heavy atom. The van der Waals surface area contributed by atoms with Crippen LogP contribution >= 0.6 is 0 Å². The second-order valence-corrected chi connectivity index (χ2v) is 6.93. The first-order chi connectivity index (χ1) is 11.5. The zero-order valence-corrected chi connectivity index (χ0v) is 13.9. The molecular formula is C17H21N5O2. The zero-order valence-electron chi connectivity index (χ0n) is 13.9. The Labute approximate surface area is 139 Å². The SMILES string of the molecule is Cc1nn(C)c2ncc(NC(=O)C(=O)NC(C3CC3)C3CC3)cc12. The number of hydrogen-bond acceptors (Lipinski definition) is 4. The number of aryl methyl sites for hydroxylation is 2. The van der Waals surface area contributed by atoms with Crippen molar-refractivity contribution in [3.05, 3.63) is 18.0 Å². The van der Waals surface area contributed by atoms with Crippen LogP contribution in [0.4, 0.5) is 5.69 Å². The average molecular weight is 327 g/mol. The molecule has 7 nitrogen and oxygen atoms in total. The zero-order chi connectivity index (χ0) is 16.8. The number of anilines is 1. The molecule has 2 aliphatic carbocycles. The van der Waals surface area contributed by atoms with E-state index in [1.165, 1.54) is 0 Å². The lowest BCUT2D eigenvalue weighted by atomic mass is 10.1. The van der Waals surface area contributed by atoms with Crippen LogP contribution in [0.2, 0.25) is 0 Å². The van der Waals surface area contributed by atoms with Gasteiger partial charge >= 0.3 is 11.8 Å². The molecule has 2 N–H and O–H groups in total. The lowest BCUT2D eigenvalue weighted by molar-refractivity contribution is -0.136. The molecule has 0 unspecified atom stereocenters. The fraction of sp³-hybridized carbons (Fsp3) is 0.529. The summed E-state index contributed by atoms with van der Waals surface area (Å²) in [6.07, 6.45) is 6.18. The molecule has 0 saturated heterocycles. The van der Waals surface area contributed by atoms with E-state index in [9.17, 15) is 9.59 Å². The number of fused-ring (bicyclic) bond motifs is 1. The third kappa shape index (κ3) is 2.86. The Balaban J connectivity index is 1.45. The van der Waals surface area contributed by atoms with Crippen molar-refractivity contribution in [3.8, 4) is 0 Å². The molecule has 0 aromatic carbocycles. The van der Waals surface area contributed by atoms with Crippen LogP contribution in [0.15, 0.2) is 12.3 Å². The molecule has 0 atom stereocenters. The van der Waals surface area contributed by atoms with Gasteiger partial charge in [-0.05, 0) is 50.5 Å². The van der Waals surface area contributed by atoms with Gasteiger partial charge < -0.3 is 10.6 Å². The molecule has 0 spiro atoms. The van der Waals surface area contributed by atoms with Crippen molar-refractivity contribution in [1.29, 1.82) is 0 Å². The third-order valence-electron chi connectivity index (χ3n) is 4.88. The minimum absolute atomic E-state index is 0.171. The summed E-state index contributed by atoms with van der Waals surface area (Å²) in [5.41, 5.74) is 2.09. The van der Waals surface area contributed by atoms with E-state index in [1.54, 1.807) is 16.9 Å². The van der Waals surface area contributed by atoms with E-state index in [2.05, 4.69) is 20.7 Å². The fourth-order valence-corrected chi connectivity index (χ4v) is 3.31. The molecule has 24 heavy (non-hydrogen) atoms. The molecule has 2 heterocycles. The topological polar surface area (TPSA) is 88.9 Å². The number of rotatable bonds is 4. The first kappa shape index (κ1) is 15.1. The van der Waals surface area contributed by atoms with Crippen molar-refractivity contribution < 1.29 is 9.59 Å². The van der Waals surface area contributed by atoms with Crippen LogP contribution < -0.4 is 10.6 Å². The van der Waals surface area contributed by atoms with Gasteiger partial charge in [0.1, 0.15) is 0 Å². The van der Waals surface area contributed by atoms with Crippen molar-refractivity contribution in [1.82, 2.24) is 20.1 Å². The number of nitrogens with one attached hydrogen (secondary N) is 2. The summed E-state index contributed by atoms with van der Waals surface area (Å²) in [7, 11) is 1.82. The summed E-state index contributed by atoms with van der Waals surface area (Å²) >= 11 is 0. The maximum absolute atomic E-state index is 12.2. The van der Waals surface area contributed by atoms with Gasteiger partial charge in [-0.2, -0.15) is 5.10 Å². The molecule has 2 fully saturated rings. The van der Waals surface area contributed by atoms with Gasteiger partial charge in [0.05, 0.1) is 17.6 Å². The van der Waals surface area contributed by atoms with Crippen LogP contribution in [0.1, 0.15) is 31.4 Å². The molecule has 2 amide bonds. The second-order valence-electron chi connectivity index (χ2n) is 6.93. The Kier molecular flexibility index (Phi) is 3.51. The molecule has 126 valence electrons. The van der Waals surface area contributed by atoms with Crippen molar-refractivity contribution >= 4 is 28.5 Å². The first-order valence-corrected chi connectivity index (χ1v) is 8.44. The molecule has 0 radical (unpaired) electrons. The first-order valence-electron chi connectivity index (χ1n) is 8.44. The molecule has 0 bridgehead atoms. The lowest BCUT2D eigenvalue weighted by Crippen LogP contribution is -2.44. The number of carbonyl (C=O) groups is 2. The van der Waals surface area contributed by atoms with Gasteiger partial charge in [-0.1, -0.05) is 0 Å². The summed E-state index contributed by atoms with van der Waals surface area (Å²) in [6, 6.07) is 1.97. The number of carbonyl (C=O) groups excluding carboxylic acids is 2. The van der Waals surface area contributed by atoms with Crippen molar-refractivity contribution in [3.63, 3.8) is 0 Å². The maximum atomic E-state index is 12.2. The highest BCUT2D eigenvalue weighted by molar-refractivity contribution is 6.39. The predicted octanol–water partition coefficient (Wildman–Crippen LogP) is 1.52. The number of pyridine rings is 1. The van der Waals surface area contributed by atoms with Crippen molar-refractivity contribution in [2.24, 2.45) is 18.9 Å². The number of aromatic nitrogens is 3. The van der Waals surface area contributed by atoms with E-state index < -0.39 is 11.8 Å². The van der Waals surface area contributed by atoms with Crippen LogP contribution in [0.5, 0.6) is 0 Å². The van der Waals surface area contributed by atoms with Gasteiger partial charge in [-0.3, -0.25) is 14.3 Å². The maximum Gasteiger partial charge on any atom is 0.313 e. The second kappa shape index (κ2) is 5.58. The highest BCUT2D eigenvalue weighted by Gasteiger charge is 2.42. The van der Waals surface area contributed by atoms with Gasteiger partial charge in [0.2, 0.25) is 0 Å². The van der Waals surface area contributed by atoms with Crippen LogP contribution in [0.3, 0.4) is 0 Å². The smallest absolute Gasteiger partial charge is 0.313 e. The number of amides is 2. The van der Waals surface area contributed by atoms with Gasteiger partial charge in [0, 0.05) is 18.5 Å². The molecule has 7 heteroatoms. The molecule has 2 aromatic heterocycles. The highest BCUT2D eigenvalue weighted by atomic mass is 16.2. The summed E-state index contributed by atoms with van der Waals surface area (Å²) in [6.45, 7) is 1.89. The lowest BCUT2D eigenvalue weighted by Gasteiger charge is -2.17. The van der Waals surface area contributed by atoms with Crippen molar-refractivity contribution in [2.45, 2.75) is 38.6 Å². The van der Waals surface area contributed by atoms with E-state index in [-0.39, 0.29) is 6.04 Å². The highest BCUT2D eigenvalue weighted by Crippen LogP contribution is 2.44. The van der Waals surface area contributed by atoms with E-state index >= 15 is 0 Å². The summed E-state index contributed by atoms with van der Waals surface area (Å²) < 4.78 is 1.69. The van der Waals surface area contributed by atoms with E-state index in [0.29, 0.717) is 17.5 Å². The molecule has 4 rings (SSSR count). The van der Waals surface area contributed by atoms with E-state index in [1.807, 2.05) is 14.0 Å². The fourth-order valence-electron chi connectivity index (χ4n) is 3.31. The molecular weight excluding hydrogens is 306 g/mol. The van der Waals surface area contributed by atoms with Gasteiger partial charge in [-0.25, -0.2) is 4.98 Å².